The highest BCUT2D eigenvalue weighted by molar-refractivity contribution is 7.12. The Morgan fingerprint density at radius 2 is 1.81 bits per heavy atom. The number of carbonyl (C=O) groups excluding carboxylic acids is 1. The van der Waals surface area contributed by atoms with Crippen molar-refractivity contribution in [3.8, 4) is 0 Å². The lowest BCUT2D eigenvalue weighted by Crippen LogP contribution is -2.25. The number of amides is 1. The largest absolute Gasteiger partial charge is 0.351 e. The van der Waals surface area contributed by atoms with Crippen LogP contribution in [0.25, 0.3) is 11.0 Å². The third-order valence-electron chi connectivity index (χ3n) is 4.30. The second-order valence-corrected chi connectivity index (χ2v) is 7.02. The number of para-hydroxylation sites is 2. The third-order valence-corrected chi connectivity index (χ3v) is 5.16. The van der Waals surface area contributed by atoms with Gasteiger partial charge in [-0.15, -0.1) is 11.3 Å². The van der Waals surface area contributed by atoms with Crippen LogP contribution < -0.4 is 5.32 Å². The van der Waals surface area contributed by atoms with Gasteiger partial charge in [0.15, 0.2) is 0 Å². The molecule has 0 aliphatic heterocycles. The van der Waals surface area contributed by atoms with Crippen molar-refractivity contribution >= 4 is 28.3 Å². The highest BCUT2D eigenvalue weighted by Crippen LogP contribution is 2.18. The monoisotopic (exact) mass is 361 g/mol. The number of benzene rings is 2. The number of rotatable bonds is 6. The number of hydrogen-bond donors (Lipinski definition) is 1. The van der Waals surface area contributed by atoms with E-state index in [1.54, 1.807) is 0 Å². The lowest BCUT2D eigenvalue weighted by Gasteiger charge is -2.10. The van der Waals surface area contributed by atoms with Crippen molar-refractivity contribution in [3.63, 3.8) is 0 Å². The predicted molar refractivity (Wildman–Crippen MR) is 106 cm³/mol. The minimum atomic E-state index is -0.0225. The molecule has 2 aromatic heterocycles. The summed E-state index contributed by atoms with van der Waals surface area (Å²) in [5, 5.41) is 4.90. The Labute approximate surface area is 156 Å². The average molecular weight is 361 g/mol. The second kappa shape index (κ2) is 7.54. The Morgan fingerprint density at radius 3 is 2.62 bits per heavy atom. The van der Waals surface area contributed by atoms with Crippen LogP contribution in [0.5, 0.6) is 0 Å². The van der Waals surface area contributed by atoms with Gasteiger partial charge in [-0.3, -0.25) is 4.79 Å². The van der Waals surface area contributed by atoms with Crippen LogP contribution in [-0.4, -0.2) is 22.0 Å². The number of nitrogens with zero attached hydrogens (tertiary/aromatic N) is 2. The Hall–Kier alpha value is -2.92. The quantitative estimate of drug-likeness (QED) is 0.562. The van der Waals surface area contributed by atoms with Gasteiger partial charge in [0.1, 0.15) is 5.82 Å². The van der Waals surface area contributed by atoms with E-state index in [1.807, 2.05) is 41.8 Å². The highest BCUT2D eigenvalue weighted by Gasteiger charge is 2.12. The molecule has 2 aromatic carbocycles. The van der Waals surface area contributed by atoms with Crippen molar-refractivity contribution < 1.29 is 4.79 Å². The van der Waals surface area contributed by atoms with Gasteiger partial charge in [-0.1, -0.05) is 48.5 Å². The van der Waals surface area contributed by atoms with E-state index in [0.717, 1.165) is 28.3 Å². The molecule has 130 valence electrons. The van der Waals surface area contributed by atoms with Gasteiger partial charge in [0, 0.05) is 19.5 Å². The van der Waals surface area contributed by atoms with Crippen LogP contribution in [-0.2, 0) is 13.0 Å². The molecular weight excluding hydrogens is 342 g/mol. The van der Waals surface area contributed by atoms with Crippen molar-refractivity contribution in [2.45, 2.75) is 13.0 Å². The van der Waals surface area contributed by atoms with Crippen molar-refractivity contribution in [3.05, 3.63) is 88.4 Å². The zero-order chi connectivity index (χ0) is 17.8. The standard InChI is InChI=1S/C21H19N3OS/c25-21(19-11-6-14-26-19)22-13-12-20-23-17-9-4-5-10-18(17)24(20)15-16-7-2-1-3-8-16/h1-11,14H,12-13,15H2,(H,22,25). The molecule has 26 heavy (non-hydrogen) atoms. The number of thiophene rings is 1. The minimum absolute atomic E-state index is 0.0225. The van der Waals surface area contributed by atoms with E-state index in [4.69, 9.17) is 4.98 Å². The summed E-state index contributed by atoms with van der Waals surface area (Å²) in [5.41, 5.74) is 3.35. The van der Waals surface area contributed by atoms with Gasteiger partial charge in [0.2, 0.25) is 0 Å². The van der Waals surface area contributed by atoms with Crippen molar-refractivity contribution in [2.75, 3.05) is 6.54 Å². The van der Waals surface area contributed by atoms with Gasteiger partial charge in [0.25, 0.3) is 5.91 Å². The first kappa shape index (κ1) is 16.5. The van der Waals surface area contributed by atoms with E-state index in [0.29, 0.717) is 13.0 Å². The molecule has 0 spiro atoms. The lowest BCUT2D eigenvalue weighted by molar-refractivity contribution is 0.0958. The summed E-state index contributed by atoms with van der Waals surface area (Å²) in [6, 6.07) is 22.3. The Balaban J connectivity index is 1.54. The number of aromatic nitrogens is 2. The number of carbonyl (C=O) groups is 1. The van der Waals surface area contributed by atoms with Crippen LogP contribution in [0.1, 0.15) is 21.1 Å². The number of fused-ring (bicyclic) bond motifs is 1. The van der Waals surface area contributed by atoms with Crippen LogP contribution in [0, 0.1) is 0 Å². The van der Waals surface area contributed by atoms with Crippen molar-refractivity contribution in [2.24, 2.45) is 0 Å². The van der Waals surface area contributed by atoms with Gasteiger partial charge in [-0.25, -0.2) is 4.98 Å². The molecule has 0 bridgehead atoms. The molecule has 0 unspecified atom stereocenters. The molecule has 4 nitrogen and oxygen atoms in total. The molecule has 0 atom stereocenters. The molecule has 5 heteroatoms. The van der Waals surface area contributed by atoms with E-state index in [-0.39, 0.29) is 5.91 Å². The fourth-order valence-corrected chi connectivity index (χ4v) is 3.68. The Kier molecular flexibility index (Phi) is 4.80. The first-order valence-corrected chi connectivity index (χ1v) is 9.49. The number of hydrogen-bond acceptors (Lipinski definition) is 3. The van der Waals surface area contributed by atoms with Crippen LogP contribution >= 0.6 is 11.3 Å². The summed E-state index contributed by atoms with van der Waals surface area (Å²) in [6.07, 6.45) is 0.693. The first-order chi connectivity index (χ1) is 12.8. The van der Waals surface area contributed by atoms with Gasteiger partial charge >= 0.3 is 0 Å². The lowest BCUT2D eigenvalue weighted by atomic mass is 10.2. The van der Waals surface area contributed by atoms with Gasteiger partial charge < -0.3 is 9.88 Å². The molecule has 4 aromatic rings. The zero-order valence-electron chi connectivity index (χ0n) is 14.3. The summed E-state index contributed by atoms with van der Waals surface area (Å²) in [6.45, 7) is 1.34. The van der Waals surface area contributed by atoms with E-state index < -0.39 is 0 Å². The molecule has 1 amide bonds. The topological polar surface area (TPSA) is 46.9 Å². The van der Waals surface area contributed by atoms with Gasteiger partial charge in [-0.05, 0) is 29.1 Å². The SMILES string of the molecule is O=C(NCCc1nc2ccccc2n1Cc1ccccc1)c1cccs1. The zero-order valence-corrected chi connectivity index (χ0v) is 15.1. The molecule has 2 heterocycles. The first-order valence-electron chi connectivity index (χ1n) is 8.61. The van der Waals surface area contributed by atoms with Crippen LogP contribution in [0.15, 0.2) is 72.1 Å². The van der Waals surface area contributed by atoms with Crippen LogP contribution in [0.3, 0.4) is 0 Å². The van der Waals surface area contributed by atoms with E-state index in [9.17, 15) is 4.79 Å². The highest BCUT2D eigenvalue weighted by atomic mass is 32.1. The second-order valence-electron chi connectivity index (χ2n) is 6.07. The minimum Gasteiger partial charge on any atom is -0.351 e. The summed E-state index contributed by atoms with van der Waals surface area (Å²) in [4.78, 5) is 17.6. The van der Waals surface area contributed by atoms with E-state index in [2.05, 4.69) is 40.2 Å². The molecule has 0 aliphatic carbocycles. The van der Waals surface area contributed by atoms with Crippen LogP contribution in [0.4, 0.5) is 0 Å². The fraction of sp³-hybridized carbons (Fsp3) is 0.143. The van der Waals surface area contributed by atoms with Crippen molar-refractivity contribution in [1.29, 1.82) is 0 Å². The molecule has 1 N–H and O–H groups in total. The van der Waals surface area contributed by atoms with Crippen molar-refractivity contribution in [1.82, 2.24) is 14.9 Å². The summed E-state index contributed by atoms with van der Waals surface area (Å²) in [7, 11) is 0. The summed E-state index contributed by atoms with van der Waals surface area (Å²) < 4.78 is 2.24. The molecule has 0 aliphatic rings. The van der Waals surface area contributed by atoms with Gasteiger partial charge in [0.05, 0.1) is 15.9 Å². The Morgan fingerprint density at radius 1 is 1.00 bits per heavy atom. The maximum atomic E-state index is 12.1. The number of nitrogens with one attached hydrogen (secondary N) is 1. The Bertz CT molecular complexity index is 1010. The number of imidazole rings is 1. The smallest absolute Gasteiger partial charge is 0.261 e. The molecule has 0 saturated heterocycles. The maximum Gasteiger partial charge on any atom is 0.261 e. The predicted octanol–water partition coefficient (Wildman–Crippen LogP) is 4.12. The van der Waals surface area contributed by atoms with E-state index in [1.165, 1.54) is 16.9 Å². The van der Waals surface area contributed by atoms with Crippen LogP contribution in [0.2, 0.25) is 0 Å². The molecule has 0 fully saturated rings. The fourth-order valence-electron chi connectivity index (χ4n) is 3.04. The average Bonchev–Trinajstić information content (AvgIpc) is 3.32. The normalized spacial score (nSPS) is 10.9. The maximum absolute atomic E-state index is 12.1. The third kappa shape index (κ3) is 3.53. The van der Waals surface area contributed by atoms with Gasteiger partial charge in [-0.2, -0.15) is 0 Å². The molecule has 0 saturated carbocycles. The summed E-state index contributed by atoms with van der Waals surface area (Å²) in [5.74, 6) is 0.965. The molecular formula is C21H19N3OS. The van der Waals surface area contributed by atoms with E-state index >= 15 is 0 Å². The molecule has 4 rings (SSSR count). The molecule has 0 radical (unpaired) electrons. The summed E-state index contributed by atoms with van der Waals surface area (Å²) >= 11 is 1.45.